The average Bonchev–Trinajstić information content (AvgIpc) is 2.44. The molecular formula is C16H25N3. The van der Waals surface area contributed by atoms with Crippen molar-refractivity contribution in [2.75, 3.05) is 23.7 Å². The van der Waals surface area contributed by atoms with Gasteiger partial charge in [-0.1, -0.05) is 26.2 Å². The maximum Gasteiger partial charge on any atom is 0.0738 e. The Bertz CT molecular complexity index is 435. The van der Waals surface area contributed by atoms with Gasteiger partial charge < -0.3 is 10.6 Å². The molecular weight excluding hydrogens is 234 g/mol. The van der Waals surface area contributed by atoms with Gasteiger partial charge in [-0.2, -0.15) is 0 Å². The first-order chi connectivity index (χ1) is 9.21. The lowest BCUT2D eigenvalue weighted by Gasteiger charge is -2.49. The van der Waals surface area contributed by atoms with Gasteiger partial charge in [0, 0.05) is 19.3 Å². The second kappa shape index (κ2) is 5.03. The summed E-state index contributed by atoms with van der Waals surface area (Å²) in [6.45, 7) is 4.77. The fourth-order valence-corrected chi connectivity index (χ4v) is 4.10. The zero-order chi connectivity index (χ0) is 13.3. The van der Waals surface area contributed by atoms with Crippen LogP contribution >= 0.6 is 0 Å². The average molecular weight is 259 g/mol. The summed E-state index contributed by atoms with van der Waals surface area (Å²) in [5.74, 6) is 0.901. The van der Waals surface area contributed by atoms with Crippen LogP contribution in [-0.4, -0.2) is 18.1 Å². The largest absolute Gasteiger partial charge is 0.396 e. The van der Waals surface area contributed by atoms with E-state index in [1.165, 1.54) is 44.2 Å². The first kappa shape index (κ1) is 12.8. The molecule has 1 spiro atoms. The summed E-state index contributed by atoms with van der Waals surface area (Å²) in [6.07, 6.45) is 12.0. The molecule has 3 rings (SSSR count). The monoisotopic (exact) mass is 259 g/mol. The first-order valence-electron chi connectivity index (χ1n) is 7.66. The summed E-state index contributed by atoms with van der Waals surface area (Å²) in [4.78, 5) is 6.53. The Morgan fingerprint density at radius 3 is 2.74 bits per heavy atom. The van der Waals surface area contributed by atoms with Crippen molar-refractivity contribution >= 4 is 11.4 Å². The van der Waals surface area contributed by atoms with Crippen molar-refractivity contribution in [3.05, 3.63) is 18.5 Å². The third-order valence-electron chi connectivity index (χ3n) is 5.53. The standard InChI is InChI=1S/C16H25N3/c1-13-4-2-3-6-16(13)7-10-19(11-8-16)15-5-9-18-12-14(15)17/h5,9,12-13H,2-4,6-8,10-11,17H2,1H3. The molecule has 3 heteroatoms. The molecule has 1 saturated carbocycles. The second-order valence-electron chi connectivity index (χ2n) is 6.43. The number of hydrogen-bond donors (Lipinski definition) is 1. The summed E-state index contributed by atoms with van der Waals surface area (Å²) in [5.41, 5.74) is 8.66. The van der Waals surface area contributed by atoms with Gasteiger partial charge in [0.2, 0.25) is 0 Å². The van der Waals surface area contributed by atoms with Gasteiger partial charge in [0.15, 0.2) is 0 Å². The smallest absolute Gasteiger partial charge is 0.0738 e. The van der Waals surface area contributed by atoms with Crippen molar-refractivity contribution < 1.29 is 0 Å². The van der Waals surface area contributed by atoms with Crippen LogP contribution in [0.3, 0.4) is 0 Å². The summed E-state index contributed by atoms with van der Waals surface area (Å²) in [6, 6.07) is 2.05. The molecule has 0 radical (unpaired) electrons. The van der Waals surface area contributed by atoms with Gasteiger partial charge in [-0.05, 0) is 36.7 Å². The third-order valence-corrected chi connectivity index (χ3v) is 5.53. The highest BCUT2D eigenvalue weighted by Crippen LogP contribution is 2.49. The van der Waals surface area contributed by atoms with Crippen LogP contribution in [0, 0.1) is 11.3 Å². The maximum atomic E-state index is 6.04. The van der Waals surface area contributed by atoms with Crippen molar-refractivity contribution in [1.82, 2.24) is 4.98 Å². The van der Waals surface area contributed by atoms with Gasteiger partial charge >= 0.3 is 0 Å². The van der Waals surface area contributed by atoms with Crippen molar-refractivity contribution in [2.24, 2.45) is 11.3 Å². The zero-order valence-corrected chi connectivity index (χ0v) is 11.9. The Kier molecular flexibility index (Phi) is 3.38. The maximum absolute atomic E-state index is 6.04. The van der Waals surface area contributed by atoms with Gasteiger partial charge in [0.25, 0.3) is 0 Å². The highest BCUT2D eigenvalue weighted by Gasteiger charge is 2.40. The van der Waals surface area contributed by atoms with E-state index < -0.39 is 0 Å². The minimum absolute atomic E-state index is 0.622. The van der Waals surface area contributed by atoms with E-state index in [2.05, 4.69) is 22.9 Å². The van der Waals surface area contributed by atoms with Crippen LogP contribution < -0.4 is 10.6 Å². The Labute approximate surface area is 116 Å². The molecule has 1 unspecified atom stereocenters. The van der Waals surface area contributed by atoms with Crippen LogP contribution in [0.5, 0.6) is 0 Å². The van der Waals surface area contributed by atoms with Gasteiger partial charge in [-0.25, -0.2) is 0 Å². The number of piperidine rings is 1. The number of anilines is 2. The summed E-state index contributed by atoms with van der Waals surface area (Å²) >= 11 is 0. The van der Waals surface area contributed by atoms with Crippen LogP contribution in [0.4, 0.5) is 11.4 Å². The SMILES string of the molecule is CC1CCCCC12CCN(c1ccncc1N)CC2. The number of nitrogens with zero attached hydrogens (tertiary/aromatic N) is 2. The van der Waals surface area contributed by atoms with Gasteiger partial charge in [0.05, 0.1) is 17.6 Å². The number of nitrogen functional groups attached to an aromatic ring is 1. The van der Waals surface area contributed by atoms with E-state index in [9.17, 15) is 0 Å². The van der Waals surface area contributed by atoms with E-state index in [0.717, 1.165) is 24.7 Å². The van der Waals surface area contributed by atoms with Gasteiger partial charge in [-0.3, -0.25) is 4.98 Å². The minimum atomic E-state index is 0.622. The lowest BCUT2D eigenvalue weighted by Crippen LogP contribution is -2.44. The highest BCUT2D eigenvalue weighted by molar-refractivity contribution is 5.66. The van der Waals surface area contributed by atoms with Crippen LogP contribution in [-0.2, 0) is 0 Å². The van der Waals surface area contributed by atoms with Crippen molar-refractivity contribution in [2.45, 2.75) is 45.4 Å². The van der Waals surface area contributed by atoms with E-state index in [4.69, 9.17) is 5.73 Å². The zero-order valence-electron chi connectivity index (χ0n) is 11.9. The predicted octanol–water partition coefficient (Wildman–Crippen LogP) is 3.46. The molecule has 1 saturated heterocycles. The first-order valence-corrected chi connectivity index (χ1v) is 7.66. The van der Waals surface area contributed by atoms with Crippen LogP contribution in [0.2, 0.25) is 0 Å². The van der Waals surface area contributed by atoms with Crippen molar-refractivity contribution in [1.29, 1.82) is 0 Å². The molecule has 2 aliphatic rings. The molecule has 1 aromatic heterocycles. The predicted molar refractivity (Wildman–Crippen MR) is 80.2 cm³/mol. The number of nitrogens with two attached hydrogens (primary N) is 1. The Balaban J connectivity index is 1.71. The van der Waals surface area contributed by atoms with E-state index in [1.807, 2.05) is 6.20 Å². The quantitative estimate of drug-likeness (QED) is 0.839. The lowest BCUT2D eigenvalue weighted by molar-refractivity contribution is 0.0748. The fraction of sp³-hybridized carbons (Fsp3) is 0.688. The summed E-state index contributed by atoms with van der Waals surface area (Å²) < 4.78 is 0. The Hall–Kier alpha value is -1.25. The molecule has 2 fully saturated rings. The Morgan fingerprint density at radius 1 is 1.26 bits per heavy atom. The molecule has 2 N–H and O–H groups in total. The molecule has 104 valence electrons. The number of hydrogen-bond acceptors (Lipinski definition) is 3. The van der Waals surface area contributed by atoms with Crippen LogP contribution in [0.15, 0.2) is 18.5 Å². The summed E-state index contributed by atoms with van der Waals surface area (Å²) in [5, 5.41) is 0. The van der Waals surface area contributed by atoms with E-state index in [-0.39, 0.29) is 0 Å². The van der Waals surface area contributed by atoms with Crippen molar-refractivity contribution in [3.63, 3.8) is 0 Å². The number of aromatic nitrogens is 1. The molecule has 0 amide bonds. The normalized spacial score (nSPS) is 26.6. The fourth-order valence-electron chi connectivity index (χ4n) is 4.10. The minimum Gasteiger partial charge on any atom is -0.396 e. The van der Waals surface area contributed by atoms with Crippen molar-refractivity contribution in [3.8, 4) is 0 Å². The molecule has 0 aromatic carbocycles. The van der Waals surface area contributed by atoms with E-state index in [1.54, 1.807) is 6.20 Å². The molecule has 1 aliphatic heterocycles. The highest BCUT2D eigenvalue weighted by atomic mass is 15.1. The molecule has 2 heterocycles. The molecule has 19 heavy (non-hydrogen) atoms. The lowest BCUT2D eigenvalue weighted by atomic mass is 9.62. The number of rotatable bonds is 1. The van der Waals surface area contributed by atoms with Gasteiger partial charge in [0.1, 0.15) is 0 Å². The third kappa shape index (κ3) is 2.31. The number of pyridine rings is 1. The second-order valence-corrected chi connectivity index (χ2v) is 6.43. The molecule has 0 bridgehead atoms. The Morgan fingerprint density at radius 2 is 2.05 bits per heavy atom. The molecule has 1 aromatic rings. The molecule has 1 aliphatic carbocycles. The topological polar surface area (TPSA) is 42.2 Å². The van der Waals surface area contributed by atoms with Crippen LogP contribution in [0.1, 0.15) is 45.4 Å². The van der Waals surface area contributed by atoms with E-state index in [0.29, 0.717) is 5.41 Å². The van der Waals surface area contributed by atoms with Gasteiger partial charge in [-0.15, -0.1) is 0 Å². The molecule has 1 atom stereocenters. The van der Waals surface area contributed by atoms with E-state index >= 15 is 0 Å². The van der Waals surface area contributed by atoms with Crippen LogP contribution in [0.25, 0.3) is 0 Å². The summed E-state index contributed by atoms with van der Waals surface area (Å²) in [7, 11) is 0. The molecule has 3 nitrogen and oxygen atoms in total.